The first-order valence-corrected chi connectivity index (χ1v) is 8.72. The van der Waals surface area contributed by atoms with Crippen LogP contribution in [0.25, 0.3) is 9.88 Å². The molecule has 1 aromatic carbocycles. The summed E-state index contributed by atoms with van der Waals surface area (Å²) in [5, 5.41) is 7.80. The Balaban J connectivity index is 1.51. The Morgan fingerprint density at radius 1 is 1.26 bits per heavy atom. The number of carbonyl (C=O) groups excluding carboxylic acids is 1. The lowest BCUT2D eigenvalue weighted by molar-refractivity contribution is -0.118. The molecule has 0 unspecified atom stereocenters. The van der Waals surface area contributed by atoms with Gasteiger partial charge in [-0.2, -0.15) is 0 Å². The number of amides is 1. The molecule has 0 aliphatic carbocycles. The monoisotopic (exact) mass is 344 g/mol. The third-order valence-corrected chi connectivity index (χ3v) is 5.20. The van der Waals surface area contributed by atoms with Gasteiger partial charge in [-0.25, -0.2) is 4.98 Å². The highest BCUT2D eigenvalue weighted by atomic mass is 32.1. The van der Waals surface area contributed by atoms with Crippen molar-refractivity contribution in [2.75, 3.05) is 11.9 Å². The molecule has 1 N–H and O–H groups in total. The van der Waals surface area contributed by atoms with Gasteiger partial charge in [-0.15, -0.1) is 22.7 Å². The quantitative estimate of drug-likeness (QED) is 0.782. The number of fused-ring (bicyclic) bond motifs is 1. The number of thiazole rings is 1. The molecule has 4 rings (SSSR count). The maximum absolute atomic E-state index is 11.5. The van der Waals surface area contributed by atoms with Crippen molar-refractivity contribution in [1.29, 1.82) is 0 Å². The smallest absolute Gasteiger partial charge is 0.262 e. The van der Waals surface area contributed by atoms with Crippen molar-refractivity contribution in [2.24, 2.45) is 0 Å². The number of para-hydroxylation sites is 1. The van der Waals surface area contributed by atoms with E-state index in [0.29, 0.717) is 23.8 Å². The molecule has 1 aliphatic heterocycles. The third-order valence-electron chi connectivity index (χ3n) is 3.27. The Hall–Kier alpha value is -2.38. The number of thiophene rings is 1. The normalized spacial score (nSPS) is 13.1. The van der Waals surface area contributed by atoms with Gasteiger partial charge in [-0.3, -0.25) is 4.79 Å². The molecule has 7 heteroatoms. The van der Waals surface area contributed by atoms with E-state index in [9.17, 15) is 4.79 Å². The molecular weight excluding hydrogens is 332 g/mol. The maximum Gasteiger partial charge on any atom is 0.262 e. The third kappa shape index (κ3) is 2.93. The number of benzene rings is 1. The summed E-state index contributed by atoms with van der Waals surface area (Å²) in [5.74, 6) is 1.03. The van der Waals surface area contributed by atoms with E-state index in [-0.39, 0.29) is 12.5 Å². The Kier molecular flexibility index (Phi) is 3.72. The fourth-order valence-corrected chi connectivity index (χ4v) is 3.85. The second-order valence-electron chi connectivity index (χ2n) is 4.88. The van der Waals surface area contributed by atoms with Crippen LogP contribution >= 0.6 is 22.7 Å². The van der Waals surface area contributed by atoms with Gasteiger partial charge in [-0.1, -0.05) is 12.1 Å². The molecule has 1 aliphatic rings. The molecule has 3 heterocycles. The van der Waals surface area contributed by atoms with E-state index < -0.39 is 0 Å². The van der Waals surface area contributed by atoms with Crippen molar-refractivity contribution in [3.8, 4) is 21.4 Å². The number of hydrogen-bond acceptors (Lipinski definition) is 6. The van der Waals surface area contributed by atoms with Crippen LogP contribution in [-0.4, -0.2) is 17.5 Å². The van der Waals surface area contributed by atoms with Crippen molar-refractivity contribution in [2.45, 2.75) is 6.61 Å². The van der Waals surface area contributed by atoms with Crippen molar-refractivity contribution >= 4 is 34.3 Å². The predicted octanol–water partition coefficient (Wildman–Crippen LogP) is 3.78. The predicted molar refractivity (Wildman–Crippen MR) is 90.3 cm³/mol. The zero-order chi connectivity index (χ0) is 15.6. The summed E-state index contributed by atoms with van der Waals surface area (Å²) in [7, 11) is 0. The highest BCUT2D eigenvalue weighted by Crippen LogP contribution is 2.37. The lowest BCUT2D eigenvalue weighted by Crippen LogP contribution is -2.25. The van der Waals surface area contributed by atoms with E-state index in [1.807, 2.05) is 22.9 Å². The second-order valence-corrected chi connectivity index (χ2v) is 6.68. The number of anilines is 1. The number of nitrogens with zero attached hydrogens (tertiary/aromatic N) is 1. The maximum atomic E-state index is 11.5. The number of aromatic nitrogens is 1. The number of ether oxygens (including phenoxy) is 2. The van der Waals surface area contributed by atoms with Crippen molar-refractivity contribution in [1.82, 2.24) is 4.98 Å². The van der Waals surface area contributed by atoms with Crippen molar-refractivity contribution < 1.29 is 14.3 Å². The molecule has 5 nitrogen and oxygen atoms in total. The number of hydrogen-bond donors (Lipinski definition) is 1. The van der Waals surface area contributed by atoms with Crippen LogP contribution in [0.15, 0.2) is 41.1 Å². The average Bonchev–Trinajstić information content (AvgIpc) is 3.24. The minimum Gasteiger partial charge on any atom is -0.485 e. The summed E-state index contributed by atoms with van der Waals surface area (Å²) < 4.78 is 11.2. The highest BCUT2D eigenvalue weighted by molar-refractivity contribution is 7.20. The van der Waals surface area contributed by atoms with Gasteiger partial charge < -0.3 is 14.8 Å². The molecule has 0 saturated carbocycles. The summed E-state index contributed by atoms with van der Waals surface area (Å²) in [6, 6.07) is 9.51. The van der Waals surface area contributed by atoms with Gasteiger partial charge >= 0.3 is 0 Å². The van der Waals surface area contributed by atoms with Crippen molar-refractivity contribution in [3.05, 3.63) is 46.8 Å². The number of nitrogens with one attached hydrogen (secondary N) is 1. The zero-order valence-electron chi connectivity index (χ0n) is 11.9. The van der Waals surface area contributed by atoms with Gasteiger partial charge in [0.15, 0.2) is 6.61 Å². The zero-order valence-corrected chi connectivity index (χ0v) is 13.6. The van der Waals surface area contributed by atoms with Crippen LogP contribution in [0.1, 0.15) is 5.69 Å². The summed E-state index contributed by atoms with van der Waals surface area (Å²) in [6.07, 6.45) is 0. The topological polar surface area (TPSA) is 60.5 Å². The molecule has 23 heavy (non-hydrogen) atoms. The minimum absolute atomic E-state index is 0.0344. The largest absolute Gasteiger partial charge is 0.485 e. The second kappa shape index (κ2) is 6.02. The van der Waals surface area contributed by atoms with E-state index >= 15 is 0 Å². The Morgan fingerprint density at radius 2 is 2.22 bits per heavy atom. The van der Waals surface area contributed by atoms with Crippen LogP contribution in [0.5, 0.6) is 11.5 Å². The van der Waals surface area contributed by atoms with Crippen molar-refractivity contribution in [3.63, 3.8) is 0 Å². The fourth-order valence-electron chi connectivity index (χ4n) is 2.23. The molecule has 3 aromatic rings. The summed E-state index contributed by atoms with van der Waals surface area (Å²) in [4.78, 5) is 17.2. The van der Waals surface area contributed by atoms with Gasteiger partial charge in [0.25, 0.3) is 5.91 Å². The van der Waals surface area contributed by atoms with Gasteiger partial charge in [-0.05, 0) is 23.6 Å². The van der Waals surface area contributed by atoms with Gasteiger partial charge in [0.2, 0.25) is 0 Å². The summed E-state index contributed by atoms with van der Waals surface area (Å²) in [6.45, 7) is 0.376. The molecule has 1 amide bonds. The van der Waals surface area contributed by atoms with E-state index in [1.165, 1.54) is 0 Å². The average molecular weight is 344 g/mol. The van der Waals surface area contributed by atoms with Crippen LogP contribution in [0.3, 0.4) is 0 Å². The van der Waals surface area contributed by atoms with E-state index in [1.54, 1.807) is 34.8 Å². The van der Waals surface area contributed by atoms with Gasteiger partial charge in [0.05, 0.1) is 10.6 Å². The van der Waals surface area contributed by atoms with E-state index in [0.717, 1.165) is 15.6 Å². The summed E-state index contributed by atoms with van der Waals surface area (Å²) in [5.41, 5.74) is 1.44. The molecule has 0 bridgehead atoms. The highest BCUT2D eigenvalue weighted by Gasteiger charge is 2.20. The molecule has 0 spiro atoms. The Labute approximate surface area is 140 Å². The number of rotatable bonds is 4. The first kappa shape index (κ1) is 14.2. The van der Waals surface area contributed by atoms with Gasteiger partial charge in [0, 0.05) is 5.38 Å². The van der Waals surface area contributed by atoms with Crippen LogP contribution in [0.4, 0.5) is 5.69 Å². The standard InChI is InChI=1S/C16H12N2O3S2/c19-14-8-21-12-4-1-3-11(15(12)18-14)20-7-10-9-23-16(17-10)13-5-2-6-22-13/h1-6,9H,7-8H2,(H,18,19). The van der Waals surface area contributed by atoms with Gasteiger partial charge in [0.1, 0.15) is 28.8 Å². The Morgan fingerprint density at radius 3 is 3.09 bits per heavy atom. The van der Waals surface area contributed by atoms with Crippen LogP contribution < -0.4 is 14.8 Å². The lowest BCUT2D eigenvalue weighted by atomic mass is 10.2. The van der Waals surface area contributed by atoms with Crippen LogP contribution in [0, 0.1) is 0 Å². The first-order valence-electron chi connectivity index (χ1n) is 6.96. The SMILES string of the molecule is O=C1COc2cccc(OCc3csc(-c4cccs4)n3)c2N1. The van der Waals surface area contributed by atoms with Crippen LogP contribution in [0.2, 0.25) is 0 Å². The molecule has 0 saturated heterocycles. The molecular formula is C16H12N2O3S2. The minimum atomic E-state index is -0.179. The molecule has 116 valence electrons. The molecule has 0 fully saturated rings. The Bertz CT molecular complexity index is 843. The molecule has 2 aromatic heterocycles. The summed E-state index contributed by atoms with van der Waals surface area (Å²) >= 11 is 3.26. The van der Waals surface area contributed by atoms with E-state index in [2.05, 4.69) is 16.4 Å². The molecule has 0 radical (unpaired) electrons. The number of carbonyl (C=O) groups is 1. The molecule has 0 atom stereocenters. The fraction of sp³-hybridized carbons (Fsp3) is 0.125. The first-order chi connectivity index (χ1) is 11.3. The van der Waals surface area contributed by atoms with E-state index in [4.69, 9.17) is 9.47 Å². The lowest BCUT2D eigenvalue weighted by Gasteiger charge is -2.20. The van der Waals surface area contributed by atoms with Crippen LogP contribution in [-0.2, 0) is 11.4 Å².